The first-order chi connectivity index (χ1) is 14.3. The van der Waals surface area contributed by atoms with E-state index in [1.165, 1.54) is 0 Å². The van der Waals surface area contributed by atoms with Crippen LogP contribution in [0.3, 0.4) is 0 Å². The zero-order chi connectivity index (χ0) is 21.8. The number of carbonyl (C=O) groups is 1. The molecule has 1 saturated heterocycles. The first kappa shape index (κ1) is 22.2. The summed E-state index contributed by atoms with van der Waals surface area (Å²) < 4.78 is 2.22. The van der Waals surface area contributed by atoms with Crippen LogP contribution in [0.4, 0.5) is 5.82 Å². The number of pyridine rings is 1. The molecule has 3 heterocycles. The maximum Gasteiger partial charge on any atom is 0.264 e. The van der Waals surface area contributed by atoms with Gasteiger partial charge in [-0.25, -0.2) is 4.98 Å². The minimum Gasteiger partial charge on any atom is -0.352 e. The summed E-state index contributed by atoms with van der Waals surface area (Å²) in [5, 5.41) is 10.6. The fourth-order valence-electron chi connectivity index (χ4n) is 3.77. The Bertz CT molecular complexity index is 1010. The molecule has 0 N–H and O–H groups in total. The highest BCUT2D eigenvalue weighted by Crippen LogP contribution is 2.27. The Kier molecular flexibility index (Phi) is 7.06. The summed E-state index contributed by atoms with van der Waals surface area (Å²) in [5.74, 6) is 0.417. The zero-order valence-corrected chi connectivity index (χ0v) is 19.0. The number of amides is 1. The van der Waals surface area contributed by atoms with E-state index in [2.05, 4.69) is 22.5 Å². The Balaban J connectivity index is 1.72. The van der Waals surface area contributed by atoms with Crippen molar-refractivity contribution in [2.24, 2.45) is 0 Å². The molecule has 3 rings (SSSR count). The molecule has 2 aromatic rings. The Labute approximate surface area is 187 Å². The van der Waals surface area contributed by atoms with Gasteiger partial charge in [0.1, 0.15) is 17.5 Å². The molecular formula is C22H25Cl2N5O. The standard InChI is InChI=1S/C22H25Cl2N5O/c1-4-5-29-15(2)10-17(16(29)3)11-18(13-25)22(30)28-8-6-27(7-9-28)21-20(24)12-19(23)14-26-21/h10-12,14H,4-9H2,1-3H3/b18-11+. The van der Waals surface area contributed by atoms with Gasteiger partial charge in [0.05, 0.1) is 10.0 Å². The molecule has 1 aliphatic heterocycles. The quantitative estimate of drug-likeness (QED) is 0.502. The minimum absolute atomic E-state index is 0.155. The van der Waals surface area contributed by atoms with E-state index in [0.29, 0.717) is 42.0 Å². The zero-order valence-electron chi connectivity index (χ0n) is 17.5. The van der Waals surface area contributed by atoms with Crippen LogP contribution in [0.2, 0.25) is 10.0 Å². The summed E-state index contributed by atoms with van der Waals surface area (Å²) >= 11 is 12.2. The number of aryl methyl sites for hydroxylation is 1. The van der Waals surface area contributed by atoms with Crippen LogP contribution in [0.1, 0.15) is 30.3 Å². The lowest BCUT2D eigenvalue weighted by Gasteiger charge is -2.35. The van der Waals surface area contributed by atoms with Crippen molar-refractivity contribution in [1.82, 2.24) is 14.5 Å². The molecule has 0 saturated carbocycles. The normalized spacial score (nSPS) is 14.7. The van der Waals surface area contributed by atoms with Crippen molar-refractivity contribution in [2.75, 3.05) is 31.1 Å². The third kappa shape index (κ3) is 4.63. The summed E-state index contributed by atoms with van der Waals surface area (Å²) in [6.45, 7) is 9.28. The van der Waals surface area contributed by atoms with Crippen molar-refractivity contribution in [1.29, 1.82) is 5.26 Å². The second kappa shape index (κ2) is 9.55. The highest BCUT2D eigenvalue weighted by atomic mass is 35.5. The van der Waals surface area contributed by atoms with E-state index in [-0.39, 0.29) is 11.5 Å². The van der Waals surface area contributed by atoms with Gasteiger partial charge in [0.15, 0.2) is 0 Å². The maximum atomic E-state index is 13.0. The van der Waals surface area contributed by atoms with Gasteiger partial charge in [-0.05, 0) is 44.0 Å². The number of carbonyl (C=O) groups excluding carboxylic acids is 1. The summed E-state index contributed by atoms with van der Waals surface area (Å²) in [5.41, 5.74) is 3.28. The molecule has 1 fully saturated rings. The van der Waals surface area contributed by atoms with E-state index in [1.54, 1.807) is 23.2 Å². The SMILES string of the molecule is CCCn1c(C)cc(/C=C(\C#N)C(=O)N2CCN(c3ncc(Cl)cc3Cl)CC2)c1C. The van der Waals surface area contributed by atoms with Crippen molar-refractivity contribution in [2.45, 2.75) is 33.7 Å². The van der Waals surface area contributed by atoms with Gasteiger partial charge in [-0.2, -0.15) is 5.26 Å². The molecule has 0 spiro atoms. The number of hydrogen-bond donors (Lipinski definition) is 0. The largest absolute Gasteiger partial charge is 0.352 e. The number of piperazine rings is 1. The maximum absolute atomic E-state index is 13.0. The Morgan fingerprint density at radius 1 is 1.23 bits per heavy atom. The van der Waals surface area contributed by atoms with Crippen LogP contribution >= 0.6 is 23.2 Å². The summed E-state index contributed by atoms with van der Waals surface area (Å²) in [4.78, 5) is 21.0. The van der Waals surface area contributed by atoms with Gasteiger partial charge in [0, 0.05) is 50.3 Å². The average Bonchev–Trinajstić information content (AvgIpc) is 2.99. The Morgan fingerprint density at radius 3 is 2.53 bits per heavy atom. The highest BCUT2D eigenvalue weighted by Gasteiger charge is 2.25. The van der Waals surface area contributed by atoms with E-state index in [4.69, 9.17) is 23.2 Å². The van der Waals surface area contributed by atoms with Gasteiger partial charge < -0.3 is 14.4 Å². The molecular weight excluding hydrogens is 421 g/mol. The van der Waals surface area contributed by atoms with Crippen molar-refractivity contribution < 1.29 is 4.79 Å². The molecule has 0 atom stereocenters. The van der Waals surface area contributed by atoms with Crippen LogP contribution in [0, 0.1) is 25.2 Å². The Morgan fingerprint density at radius 2 is 1.93 bits per heavy atom. The number of hydrogen-bond acceptors (Lipinski definition) is 4. The van der Waals surface area contributed by atoms with Gasteiger partial charge in [0.2, 0.25) is 0 Å². The lowest BCUT2D eigenvalue weighted by molar-refractivity contribution is -0.126. The number of nitrogens with zero attached hydrogens (tertiary/aromatic N) is 5. The van der Waals surface area contributed by atoms with E-state index in [0.717, 1.165) is 29.9 Å². The van der Waals surface area contributed by atoms with Crippen molar-refractivity contribution >= 4 is 41.0 Å². The van der Waals surface area contributed by atoms with Crippen molar-refractivity contribution in [3.63, 3.8) is 0 Å². The van der Waals surface area contributed by atoms with E-state index >= 15 is 0 Å². The predicted octanol–water partition coefficient (Wildman–Crippen LogP) is 4.47. The van der Waals surface area contributed by atoms with Gasteiger partial charge in [-0.1, -0.05) is 30.1 Å². The first-order valence-corrected chi connectivity index (χ1v) is 10.7. The first-order valence-electron chi connectivity index (χ1n) is 9.99. The molecule has 30 heavy (non-hydrogen) atoms. The average molecular weight is 446 g/mol. The van der Waals surface area contributed by atoms with Crippen LogP contribution in [0.25, 0.3) is 6.08 Å². The van der Waals surface area contributed by atoms with Crippen LogP contribution in [-0.4, -0.2) is 46.5 Å². The number of halogens is 2. The molecule has 0 aliphatic carbocycles. The number of nitriles is 1. The minimum atomic E-state index is -0.243. The van der Waals surface area contributed by atoms with Crippen LogP contribution in [0.15, 0.2) is 23.9 Å². The molecule has 6 nitrogen and oxygen atoms in total. The lowest BCUT2D eigenvalue weighted by Crippen LogP contribution is -2.49. The summed E-state index contributed by atoms with van der Waals surface area (Å²) in [6, 6.07) is 5.78. The predicted molar refractivity (Wildman–Crippen MR) is 121 cm³/mol. The van der Waals surface area contributed by atoms with Crippen molar-refractivity contribution in [3.8, 4) is 6.07 Å². The summed E-state index contributed by atoms with van der Waals surface area (Å²) in [6.07, 6.45) is 4.30. The monoisotopic (exact) mass is 445 g/mol. The smallest absolute Gasteiger partial charge is 0.264 e. The third-order valence-electron chi connectivity index (χ3n) is 5.37. The molecule has 0 bridgehead atoms. The fourth-order valence-corrected chi connectivity index (χ4v) is 4.27. The van der Waals surface area contributed by atoms with E-state index < -0.39 is 0 Å². The molecule has 2 aromatic heterocycles. The highest BCUT2D eigenvalue weighted by molar-refractivity contribution is 6.36. The topological polar surface area (TPSA) is 65.2 Å². The van der Waals surface area contributed by atoms with Gasteiger partial charge in [0.25, 0.3) is 5.91 Å². The molecule has 0 radical (unpaired) electrons. The van der Waals surface area contributed by atoms with Gasteiger partial charge in [-0.15, -0.1) is 0 Å². The number of anilines is 1. The van der Waals surface area contributed by atoms with Gasteiger partial charge >= 0.3 is 0 Å². The molecule has 1 aliphatic rings. The molecule has 0 unspecified atom stereocenters. The molecule has 158 valence electrons. The molecule has 0 aromatic carbocycles. The molecule has 1 amide bonds. The fraction of sp³-hybridized carbons (Fsp3) is 0.409. The van der Waals surface area contributed by atoms with E-state index in [9.17, 15) is 10.1 Å². The van der Waals surface area contributed by atoms with Gasteiger partial charge in [-0.3, -0.25) is 4.79 Å². The number of aromatic nitrogens is 2. The third-order valence-corrected chi connectivity index (χ3v) is 5.85. The number of rotatable bonds is 5. The van der Waals surface area contributed by atoms with Crippen LogP contribution < -0.4 is 4.90 Å². The van der Waals surface area contributed by atoms with Crippen LogP contribution in [0.5, 0.6) is 0 Å². The van der Waals surface area contributed by atoms with Crippen molar-refractivity contribution in [3.05, 3.63) is 50.9 Å². The lowest BCUT2D eigenvalue weighted by atomic mass is 10.1. The second-order valence-electron chi connectivity index (χ2n) is 7.39. The second-order valence-corrected chi connectivity index (χ2v) is 8.23. The Hall–Kier alpha value is -2.49. The van der Waals surface area contributed by atoms with Crippen LogP contribution in [-0.2, 0) is 11.3 Å². The summed E-state index contributed by atoms with van der Waals surface area (Å²) in [7, 11) is 0. The molecule has 8 heteroatoms. The van der Waals surface area contributed by atoms with E-state index in [1.807, 2.05) is 24.8 Å².